The summed E-state index contributed by atoms with van der Waals surface area (Å²) in [7, 11) is 0. The number of nitrogens with zero attached hydrogens (tertiary/aromatic N) is 2. The number of allylic oxidation sites excluding steroid dienone is 1. The first kappa shape index (κ1) is 15.7. The van der Waals surface area contributed by atoms with E-state index in [-0.39, 0.29) is 6.04 Å². The Morgan fingerprint density at radius 2 is 1.91 bits per heavy atom. The van der Waals surface area contributed by atoms with Gasteiger partial charge in [0, 0.05) is 18.3 Å². The molecule has 1 atom stereocenters. The Balaban J connectivity index is 1.99. The molecule has 0 radical (unpaired) electrons. The average Bonchev–Trinajstić information content (AvgIpc) is 2.51. The highest BCUT2D eigenvalue weighted by Gasteiger charge is 2.29. The van der Waals surface area contributed by atoms with Crippen molar-refractivity contribution in [2.75, 3.05) is 11.4 Å². The number of benzene rings is 1. The molecule has 2 aromatic rings. The molecule has 3 rings (SSSR count). The van der Waals surface area contributed by atoms with Crippen LogP contribution < -0.4 is 10.6 Å². The Bertz CT molecular complexity index is 704. The summed E-state index contributed by atoms with van der Waals surface area (Å²) >= 11 is 0. The van der Waals surface area contributed by atoms with Crippen LogP contribution in [-0.2, 0) is 6.42 Å². The van der Waals surface area contributed by atoms with Gasteiger partial charge in [0.25, 0.3) is 0 Å². The molecule has 1 aliphatic rings. The maximum absolute atomic E-state index is 10.3. The van der Waals surface area contributed by atoms with Crippen molar-refractivity contribution >= 4 is 5.69 Å². The molecule has 0 aliphatic carbocycles. The first-order valence-electron chi connectivity index (χ1n) is 7.89. The summed E-state index contributed by atoms with van der Waals surface area (Å²) in [5.74, 6) is 0. The van der Waals surface area contributed by atoms with Gasteiger partial charge in [0.2, 0.25) is 0 Å². The van der Waals surface area contributed by atoms with Gasteiger partial charge in [0.1, 0.15) is 0 Å². The van der Waals surface area contributed by atoms with E-state index in [0.717, 1.165) is 23.5 Å². The van der Waals surface area contributed by atoms with Crippen molar-refractivity contribution in [2.24, 2.45) is 5.73 Å². The van der Waals surface area contributed by atoms with Crippen LogP contribution in [0.25, 0.3) is 0 Å². The van der Waals surface area contributed by atoms with E-state index in [1.54, 1.807) is 6.20 Å². The fourth-order valence-electron chi connectivity index (χ4n) is 2.96. The number of pyridine rings is 1. The quantitative estimate of drug-likeness (QED) is 0.911. The number of aliphatic hydroxyl groups is 1. The second kappa shape index (κ2) is 6.14. The van der Waals surface area contributed by atoms with Gasteiger partial charge >= 0.3 is 0 Å². The molecule has 3 N–H and O–H groups in total. The van der Waals surface area contributed by atoms with Crippen LogP contribution >= 0.6 is 0 Å². The van der Waals surface area contributed by atoms with Gasteiger partial charge in [-0.25, -0.2) is 0 Å². The van der Waals surface area contributed by atoms with Crippen molar-refractivity contribution in [1.82, 2.24) is 4.98 Å². The minimum Gasteiger partial charge on any atom is -0.389 e. The third-order valence-electron chi connectivity index (χ3n) is 3.91. The lowest BCUT2D eigenvalue weighted by Crippen LogP contribution is -2.41. The summed E-state index contributed by atoms with van der Waals surface area (Å²) in [6.45, 7) is 4.13. The van der Waals surface area contributed by atoms with E-state index in [1.807, 2.05) is 50.3 Å². The van der Waals surface area contributed by atoms with Gasteiger partial charge in [-0.1, -0.05) is 30.3 Å². The third-order valence-corrected chi connectivity index (χ3v) is 3.91. The van der Waals surface area contributed by atoms with Gasteiger partial charge in [-0.2, -0.15) is 0 Å². The normalized spacial score (nSPS) is 17.7. The van der Waals surface area contributed by atoms with Crippen LogP contribution in [0.3, 0.4) is 0 Å². The Kier molecular flexibility index (Phi) is 4.20. The number of anilines is 1. The van der Waals surface area contributed by atoms with Gasteiger partial charge in [0.05, 0.1) is 29.6 Å². The van der Waals surface area contributed by atoms with Crippen LogP contribution in [-0.4, -0.2) is 22.2 Å². The van der Waals surface area contributed by atoms with E-state index in [0.29, 0.717) is 6.54 Å². The van der Waals surface area contributed by atoms with Crippen molar-refractivity contribution in [3.63, 3.8) is 0 Å². The maximum Gasteiger partial charge on any atom is 0.0847 e. The van der Waals surface area contributed by atoms with Crippen molar-refractivity contribution in [1.29, 1.82) is 0 Å². The number of hydrogen-bond donors (Lipinski definition) is 2. The molecule has 0 saturated heterocycles. The highest BCUT2D eigenvalue weighted by atomic mass is 16.3. The molecule has 0 bridgehead atoms. The number of rotatable bonds is 4. The van der Waals surface area contributed by atoms with E-state index in [2.05, 4.69) is 22.0 Å². The average molecular weight is 309 g/mol. The topological polar surface area (TPSA) is 62.4 Å². The van der Waals surface area contributed by atoms with E-state index >= 15 is 0 Å². The predicted octanol–water partition coefficient (Wildman–Crippen LogP) is 2.80. The Labute approximate surface area is 137 Å². The van der Waals surface area contributed by atoms with Gasteiger partial charge in [-0.15, -0.1) is 0 Å². The highest BCUT2D eigenvalue weighted by Crippen LogP contribution is 2.34. The molecule has 1 aliphatic heterocycles. The second-order valence-electron chi connectivity index (χ2n) is 6.65. The Hall–Kier alpha value is -2.17. The van der Waals surface area contributed by atoms with Gasteiger partial charge < -0.3 is 15.7 Å². The molecule has 0 saturated carbocycles. The summed E-state index contributed by atoms with van der Waals surface area (Å²) in [5.41, 5.74) is 9.63. The molecule has 0 amide bonds. The number of hydrogen-bond acceptors (Lipinski definition) is 4. The lowest BCUT2D eigenvalue weighted by Gasteiger charge is -2.37. The zero-order valence-electron chi connectivity index (χ0n) is 13.6. The maximum atomic E-state index is 10.3. The van der Waals surface area contributed by atoms with E-state index in [1.165, 1.54) is 5.56 Å². The summed E-state index contributed by atoms with van der Waals surface area (Å²) in [5, 5.41) is 10.3. The molecule has 4 heteroatoms. The first-order chi connectivity index (χ1) is 10.9. The molecule has 0 fully saturated rings. The SMILES string of the molecule is CC(C)(O)CN1C(Cc2ccccc2)=CC(N)c2ncccc21. The van der Waals surface area contributed by atoms with Gasteiger partial charge in [-0.05, 0) is 37.6 Å². The number of nitrogens with two attached hydrogens (primary N) is 1. The lowest BCUT2D eigenvalue weighted by molar-refractivity contribution is 0.0886. The van der Waals surface area contributed by atoms with Gasteiger partial charge in [-0.3, -0.25) is 4.98 Å². The largest absolute Gasteiger partial charge is 0.389 e. The van der Waals surface area contributed by atoms with E-state index in [9.17, 15) is 5.11 Å². The highest BCUT2D eigenvalue weighted by molar-refractivity contribution is 5.61. The standard InChI is InChI=1S/C19H23N3O/c1-19(2,23)13-22-15(11-14-7-4-3-5-8-14)12-16(20)18-17(22)9-6-10-21-18/h3-10,12,16,23H,11,13,20H2,1-2H3. The summed E-state index contributed by atoms with van der Waals surface area (Å²) < 4.78 is 0. The fourth-order valence-corrected chi connectivity index (χ4v) is 2.96. The third kappa shape index (κ3) is 3.60. The molecule has 2 heterocycles. The molecular weight excluding hydrogens is 286 g/mol. The van der Waals surface area contributed by atoms with Crippen LogP contribution in [0.2, 0.25) is 0 Å². The summed E-state index contributed by atoms with van der Waals surface area (Å²) in [6, 6.07) is 14.0. The van der Waals surface area contributed by atoms with Crippen molar-refractivity contribution < 1.29 is 5.11 Å². The van der Waals surface area contributed by atoms with E-state index in [4.69, 9.17) is 5.73 Å². The van der Waals surface area contributed by atoms with Crippen LogP contribution in [0.15, 0.2) is 60.4 Å². The molecule has 4 nitrogen and oxygen atoms in total. The van der Waals surface area contributed by atoms with Crippen LogP contribution in [0.5, 0.6) is 0 Å². The van der Waals surface area contributed by atoms with Gasteiger partial charge in [0.15, 0.2) is 0 Å². The second-order valence-corrected chi connectivity index (χ2v) is 6.65. The van der Waals surface area contributed by atoms with Crippen LogP contribution in [0.4, 0.5) is 5.69 Å². The zero-order chi connectivity index (χ0) is 16.4. The number of fused-ring (bicyclic) bond motifs is 1. The molecule has 0 spiro atoms. The molecular formula is C19H23N3O. The molecule has 1 aromatic carbocycles. The summed E-state index contributed by atoms with van der Waals surface area (Å²) in [4.78, 5) is 6.57. The van der Waals surface area contributed by atoms with E-state index < -0.39 is 5.60 Å². The molecule has 23 heavy (non-hydrogen) atoms. The number of aromatic nitrogens is 1. The molecule has 1 aromatic heterocycles. The number of β-amino-alcohol motifs (C(OH)–C–C–N with tert-alkyl or cyclic N) is 1. The minimum absolute atomic E-state index is 0.219. The van der Waals surface area contributed by atoms with Crippen LogP contribution in [0, 0.1) is 0 Å². The molecule has 120 valence electrons. The van der Waals surface area contributed by atoms with Crippen molar-refractivity contribution in [3.05, 3.63) is 71.7 Å². The fraction of sp³-hybridized carbons (Fsp3) is 0.316. The smallest absolute Gasteiger partial charge is 0.0847 e. The summed E-state index contributed by atoms with van der Waals surface area (Å²) in [6.07, 6.45) is 4.59. The Morgan fingerprint density at radius 1 is 1.17 bits per heavy atom. The zero-order valence-corrected chi connectivity index (χ0v) is 13.6. The first-order valence-corrected chi connectivity index (χ1v) is 7.89. The van der Waals surface area contributed by atoms with Crippen LogP contribution in [0.1, 0.15) is 31.1 Å². The minimum atomic E-state index is -0.815. The monoisotopic (exact) mass is 309 g/mol. The lowest BCUT2D eigenvalue weighted by atomic mass is 9.97. The van der Waals surface area contributed by atoms with Crippen molar-refractivity contribution in [2.45, 2.75) is 31.9 Å². The predicted molar refractivity (Wildman–Crippen MR) is 93.0 cm³/mol. The Morgan fingerprint density at radius 3 is 2.61 bits per heavy atom. The van der Waals surface area contributed by atoms with Crippen molar-refractivity contribution in [3.8, 4) is 0 Å². The molecule has 1 unspecified atom stereocenters.